The number of ether oxygens (including phenoxy) is 2. The fourth-order valence-electron chi connectivity index (χ4n) is 3.42. The van der Waals surface area contributed by atoms with Gasteiger partial charge in [-0.1, -0.05) is 0 Å². The van der Waals surface area contributed by atoms with Gasteiger partial charge in [0.25, 0.3) is 6.01 Å². The third-order valence-electron chi connectivity index (χ3n) is 4.99. The number of pyridine rings is 1. The molecule has 0 spiro atoms. The van der Waals surface area contributed by atoms with E-state index >= 15 is 0 Å². The Morgan fingerprint density at radius 2 is 2.10 bits per heavy atom. The number of nitrogens with zero attached hydrogens (tertiary/aromatic N) is 4. The second kappa shape index (κ2) is 10.6. The minimum atomic E-state index is -0.746. The van der Waals surface area contributed by atoms with E-state index in [1.807, 2.05) is 17.0 Å². The van der Waals surface area contributed by atoms with Gasteiger partial charge >= 0.3 is 0 Å². The molecule has 0 bridgehead atoms. The van der Waals surface area contributed by atoms with Gasteiger partial charge in [-0.15, -0.1) is 24.8 Å². The zero-order valence-corrected chi connectivity index (χ0v) is 17.5. The van der Waals surface area contributed by atoms with Crippen molar-refractivity contribution in [3.63, 3.8) is 0 Å². The summed E-state index contributed by atoms with van der Waals surface area (Å²) in [5.41, 5.74) is -0.0728. The van der Waals surface area contributed by atoms with Crippen LogP contribution in [0.4, 0.5) is 6.01 Å². The highest BCUT2D eigenvalue weighted by molar-refractivity contribution is 5.85. The summed E-state index contributed by atoms with van der Waals surface area (Å²) in [4.78, 5) is 24.4. The molecule has 29 heavy (non-hydrogen) atoms. The number of oxazole rings is 1. The van der Waals surface area contributed by atoms with Gasteiger partial charge in [-0.3, -0.25) is 9.78 Å². The number of rotatable bonds is 6. The maximum atomic E-state index is 11.8. The van der Waals surface area contributed by atoms with E-state index in [9.17, 15) is 4.79 Å². The lowest BCUT2D eigenvalue weighted by Gasteiger charge is -2.43. The quantitative estimate of drug-likeness (QED) is 0.660. The van der Waals surface area contributed by atoms with Gasteiger partial charge in [0.05, 0.1) is 19.4 Å². The molecule has 1 atom stereocenters. The van der Waals surface area contributed by atoms with Crippen LogP contribution >= 0.6 is 24.8 Å². The Labute approximate surface area is 181 Å². The number of carbonyl (C=O) groups is 1. The Morgan fingerprint density at radius 1 is 1.28 bits per heavy atom. The molecule has 1 unspecified atom stereocenters. The van der Waals surface area contributed by atoms with Crippen molar-refractivity contribution in [2.75, 3.05) is 57.4 Å². The van der Waals surface area contributed by atoms with Crippen molar-refractivity contribution in [1.29, 1.82) is 0 Å². The number of piperazine rings is 1. The van der Waals surface area contributed by atoms with Gasteiger partial charge in [0.15, 0.2) is 0 Å². The van der Waals surface area contributed by atoms with Gasteiger partial charge in [-0.2, -0.15) is 4.98 Å². The lowest BCUT2D eigenvalue weighted by molar-refractivity contribution is -0.127. The number of halogens is 2. The maximum Gasteiger partial charge on any atom is 0.297 e. The number of hydrogen-bond donors (Lipinski definition) is 1. The fourth-order valence-corrected chi connectivity index (χ4v) is 3.42. The summed E-state index contributed by atoms with van der Waals surface area (Å²) >= 11 is 0. The highest BCUT2D eigenvalue weighted by atomic mass is 35.5. The zero-order valence-electron chi connectivity index (χ0n) is 15.9. The zero-order chi connectivity index (χ0) is 18.5. The number of morpholine rings is 1. The van der Waals surface area contributed by atoms with Crippen molar-refractivity contribution < 1.29 is 18.7 Å². The minimum absolute atomic E-state index is 0. The Hall–Kier alpha value is -2.07. The van der Waals surface area contributed by atoms with E-state index in [4.69, 9.17) is 18.9 Å². The first-order valence-electron chi connectivity index (χ1n) is 9.06. The Bertz CT molecular complexity index is 760. The third-order valence-corrected chi connectivity index (χ3v) is 4.99. The molecule has 2 aromatic heterocycles. The van der Waals surface area contributed by atoms with E-state index in [0.717, 1.165) is 26.0 Å². The lowest BCUT2D eigenvalue weighted by Crippen LogP contribution is -2.61. The Balaban J connectivity index is 0.00000150. The molecular weight excluding hydrogens is 421 g/mol. The second-order valence-electron chi connectivity index (χ2n) is 6.60. The highest BCUT2D eigenvalue weighted by Gasteiger charge is 2.44. The first-order chi connectivity index (χ1) is 13.3. The maximum absolute atomic E-state index is 11.8. The van der Waals surface area contributed by atoms with E-state index in [1.165, 1.54) is 0 Å². The number of amides is 1. The molecule has 0 aliphatic carbocycles. The van der Waals surface area contributed by atoms with Gasteiger partial charge in [0, 0.05) is 38.9 Å². The van der Waals surface area contributed by atoms with E-state index in [2.05, 4.69) is 10.3 Å². The Kier molecular flexibility index (Phi) is 8.51. The van der Waals surface area contributed by atoms with Crippen LogP contribution < -0.4 is 15.0 Å². The molecule has 4 heterocycles. The molecule has 0 saturated carbocycles. The minimum Gasteiger partial charge on any atom is -0.489 e. The first kappa shape index (κ1) is 23.2. The number of anilines is 1. The predicted molar refractivity (Wildman–Crippen MR) is 111 cm³/mol. The highest BCUT2D eigenvalue weighted by Crippen LogP contribution is 2.31. The van der Waals surface area contributed by atoms with Crippen molar-refractivity contribution in [2.24, 2.45) is 0 Å². The van der Waals surface area contributed by atoms with Crippen LogP contribution in [0.2, 0.25) is 0 Å². The summed E-state index contributed by atoms with van der Waals surface area (Å²) in [6.45, 7) is 4.83. The van der Waals surface area contributed by atoms with Gasteiger partial charge < -0.3 is 29.0 Å². The number of nitrogens with one attached hydrogen (secondary N) is 1. The van der Waals surface area contributed by atoms with Crippen LogP contribution in [0, 0.1) is 0 Å². The molecule has 11 heteroatoms. The topological polar surface area (TPSA) is 93.0 Å². The van der Waals surface area contributed by atoms with Gasteiger partial charge in [0.1, 0.15) is 29.9 Å². The number of carbonyl (C=O) groups excluding carboxylic acids is 1. The predicted octanol–water partition coefficient (Wildman–Crippen LogP) is 1.09. The van der Waals surface area contributed by atoms with E-state index < -0.39 is 5.54 Å². The number of hydrogen-bond acceptors (Lipinski definition) is 8. The lowest BCUT2D eigenvalue weighted by atomic mass is 9.92. The largest absolute Gasteiger partial charge is 0.489 e. The van der Waals surface area contributed by atoms with Crippen LogP contribution in [0.5, 0.6) is 5.75 Å². The van der Waals surface area contributed by atoms with Gasteiger partial charge in [-0.25, -0.2) is 0 Å². The van der Waals surface area contributed by atoms with Crippen molar-refractivity contribution in [3.05, 3.63) is 36.5 Å². The standard InChI is InChI=1S/C18H23N5O4.2ClH/c24-14-23-5-4-20-12-18(23,13-27-15-2-1-3-19-10-15)16-11-26-17(21-16)22-6-8-25-9-7-22;;/h1-3,10-11,14,20H,4-9,12-13H2;2*1H. The molecule has 1 amide bonds. The van der Waals surface area contributed by atoms with Crippen molar-refractivity contribution in [1.82, 2.24) is 20.2 Å². The molecule has 2 aliphatic rings. The van der Waals surface area contributed by atoms with E-state index in [0.29, 0.717) is 43.8 Å². The summed E-state index contributed by atoms with van der Waals surface area (Å²) < 4.78 is 17.1. The third kappa shape index (κ3) is 4.92. The molecule has 2 aromatic rings. The molecule has 0 radical (unpaired) electrons. The van der Waals surface area contributed by atoms with Crippen LogP contribution in [-0.4, -0.2) is 73.8 Å². The van der Waals surface area contributed by atoms with Gasteiger partial charge in [-0.05, 0) is 12.1 Å². The molecule has 0 aromatic carbocycles. The second-order valence-corrected chi connectivity index (χ2v) is 6.60. The van der Waals surface area contributed by atoms with Gasteiger partial charge in [0.2, 0.25) is 6.41 Å². The van der Waals surface area contributed by atoms with Crippen molar-refractivity contribution in [2.45, 2.75) is 5.54 Å². The SMILES string of the molecule is Cl.Cl.O=CN1CCNCC1(COc1cccnc1)c1coc(N2CCOCC2)n1. The molecular formula is C18H25Cl2N5O4. The molecule has 9 nitrogen and oxygen atoms in total. The average Bonchev–Trinajstić information content (AvgIpc) is 3.25. The van der Waals surface area contributed by atoms with Crippen LogP contribution in [-0.2, 0) is 15.1 Å². The summed E-state index contributed by atoms with van der Waals surface area (Å²) in [5, 5.41) is 3.35. The molecule has 2 fully saturated rings. The summed E-state index contributed by atoms with van der Waals surface area (Å²) in [7, 11) is 0. The summed E-state index contributed by atoms with van der Waals surface area (Å²) in [5.74, 6) is 0.644. The molecule has 1 N–H and O–H groups in total. The average molecular weight is 446 g/mol. The van der Waals surface area contributed by atoms with Crippen LogP contribution in [0.3, 0.4) is 0 Å². The molecule has 4 rings (SSSR count). The summed E-state index contributed by atoms with van der Waals surface area (Å²) in [6.07, 6.45) is 5.82. The van der Waals surface area contributed by atoms with Crippen LogP contribution in [0.25, 0.3) is 0 Å². The normalized spacial score (nSPS) is 21.7. The van der Waals surface area contributed by atoms with Crippen molar-refractivity contribution in [3.8, 4) is 5.75 Å². The fraction of sp³-hybridized carbons (Fsp3) is 0.500. The van der Waals surface area contributed by atoms with E-state index in [-0.39, 0.29) is 31.4 Å². The van der Waals surface area contributed by atoms with E-state index in [1.54, 1.807) is 23.6 Å². The molecule has 160 valence electrons. The summed E-state index contributed by atoms with van der Waals surface area (Å²) in [6, 6.07) is 4.19. The van der Waals surface area contributed by atoms with Crippen LogP contribution in [0.15, 0.2) is 35.2 Å². The molecule has 2 aliphatic heterocycles. The number of aromatic nitrogens is 2. The smallest absolute Gasteiger partial charge is 0.297 e. The Morgan fingerprint density at radius 3 is 2.83 bits per heavy atom. The molecule has 2 saturated heterocycles. The van der Waals surface area contributed by atoms with Crippen LogP contribution in [0.1, 0.15) is 5.69 Å². The van der Waals surface area contributed by atoms with Crippen molar-refractivity contribution >= 4 is 37.2 Å². The monoisotopic (exact) mass is 445 g/mol. The first-order valence-corrected chi connectivity index (χ1v) is 9.06.